The van der Waals surface area contributed by atoms with Crippen LogP contribution in [0.2, 0.25) is 5.02 Å². The second-order valence-corrected chi connectivity index (χ2v) is 11.5. The Morgan fingerprint density at radius 3 is 2.66 bits per heavy atom. The summed E-state index contributed by atoms with van der Waals surface area (Å²) < 4.78 is 16.4. The van der Waals surface area contributed by atoms with Gasteiger partial charge in [-0.15, -0.1) is 0 Å². The molecule has 0 radical (unpaired) electrons. The number of fused-ring (bicyclic) bond motifs is 1. The molecule has 2 heterocycles. The molecule has 3 aromatic rings. The van der Waals surface area contributed by atoms with E-state index in [2.05, 4.69) is 20.3 Å². The number of thioether (sulfide) groups is 1. The molecule has 0 spiro atoms. The molecule has 1 aromatic carbocycles. The topological polar surface area (TPSA) is 137 Å². The number of nitrogens with zero attached hydrogens (tertiary/aromatic N) is 2. The van der Waals surface area contributed by atoms with Gasteiger partial charge in [-0.25, -0.2) is 14.5 Å². The van der Waals surface area contributed by atoms with Crippen LogP contribution in [-0.2, 0) is 9.09 Å². The number of H-pyrrole nitrogens is 1. The molecule has 13 heteroatoms. The Hall–Kier alpha value is -1.46. The molecule has 0 fully saturated rings. The fourth-order valence-electron chi connectivity index (χ4n) is 3.12. The number of nitrogens with one attached hydrogen (secondary N) is 2. The van der Waals surface area contributed by atoms with E-state index in [-0.39, 0.29) is 22.6 Å². The number of hydrogen-bond acceptors (Lipinski definition) is 8. The van der Waals surface area contributed by atoms with Gasteiger partial charge in [-0.1, -0.05) is 66.7 Å². The number of benzene rings is 1. The minimum atomic E-state index is -4.62. The van der Waals surface area contributed by atoms with Crippen molar-refractivity contribution in [3.8, 4) is 0 Å². The first-order valence-corrected chi connectivity index (χ1v) is 13.4. The van der Waals surface area contributed by atoms with E-state index in [1.54, 1.807) is 0 Å². The molecule has 0 bridgehead atoms. The van der Waals surface area contributed by atoms with Crippen LogP contribution in [0.25, 0.3) is 10.3 Å². The minimum absolute atomic E-state index is 0.0520. The van der Waals surface area contributed by atoms with Gasteiger partial charge in [-0.2, -0.15) is 0 Å². The Kier molecular flexibility index (Phi) is 8.37. The Morgan fingerprint density at radius 1 is 1.28 bits per heavy atom. The van der Waals surface area contributed by atoms with Gasteiger partial charge >= 0.3 is 12.7 Å². The number of aromatic amines is 1. The number of thiazole rings is 1. The maximum atomic E-state index is 12.0. The van der Waals surface area contributed by atoms with E-state index in [9.17, 15) is 9.36 Å². The van der Waals surface area contributed by atoms with Gasteiger partial charge in [-0.05, 0) is 30.9 Å². The summed E-state index contributed by atoms with van der Waals surface area (Å²) in [5.74, 6) is 0.636. The zero-order valence-corrected chi connectivity index (χ0v) is 20.9. The lowest BCUT2D eigenvalue weighted by Gasteiger charge is -2.22. The Morgan fingerprint density at radius 2 is 2.00 bits per heavy atom. The van der Waals surface area contributed by atoms with E-state index >= 15 is 0 Å². The molecule has 2 unspecified atom stereocenters. The summed E-state index contributed by atoms with van der Waals surface area (Å²) in [6.07, 6.45) is 0.573. The first kappa shape index (κ1) is 25.2. The van der Waals surface area contributed by atoms with Crippen LogP contribution < -0.4 is 10.2 Å². The van der Waals surface area contributed by atoms with Crippen LogP contribution in [0.4, 0.5) is 5.82 Å². The normalized spacial score (nSPS) is 14.1. The molecule has 0 saturated carbocycles. The average Bonchev–Trinajstić information content (AvgIpc) is 3.06. The number of phosphoric ester groups is 1. The van der Waals surface area contributed by atoms with Gasteiger partial charge in [0.15, 0.2) is 16.6 Å². The number of hydrogen-bond donors (Lipinski definition) is 4. The highest BCUT2D eigenvalue weighted by molar-refractivity contribution is 7.99. The summed E-state index contributed by atoms with van der Waals surface area (Å²) in [4.78, 5) is 41.7. The van der Waals surface area contributed by atoms with Gasteiger partial charge in [0.05, 0.1) is 12.6 Å². The maximum absolute atomic E-state index is 12.0. The molecule has 0 aliphatic carbocycles. The monoisotopic (exact) mass is 518 g/mol. The van der Waals surface area contributed by atoms with Crippen molar-refractivity contribution < 1.29 is 18.9 Å². The summed E-state index contributed by atoms with van der Waals surface area (Å²) in [7, 11) is -4.62. The van der Waals surface area contributed by atoms with Crippen LogP contribution in [-0.4, -0.2) is 37.4 Å². The molecule has 3 rings (SSSR count). The second-order valence-electron chi connectivity index (χ2n) is 7.59. The lowest BCUT2D eigenvalue weighted by Crippen LogP contribution is -2.27. The van der Waals surface area contributed by atoms with Crippen molar-refractivity contribution in [2.45, 2.75) is 43.6 Å². The third kappa shape index (κ3) is 7.02. The molecule has 32 heavy (non-hydrogen) atoms. The molecule has 2 atom stereocenters. The SMILES string of the molecule is CC(C)CC(COP(=O)(O)O)Nc1nc(SC(C)c2ccccc2Cl)nc2[nH]c(=O)sc12. The third-order valence-corrected chi connectivity index (χ3v) is 7.14. The number of anilines is 1. The van der Waals surface area contributed by atoms with Gasteiger partial charge in [0.1, 0.15) is 4.70 Å². The number of halogens is 1. The van der Waals surface area contributed by atoms with Crippen molar-refractivity contribution in [1.82, 2.24) is 15.0 Å². The Balaban J connectivity index is 1.91. The van der Waals surface area contributed by atoms with E-state index in [0.29, 0.717) is 32.8 Å². The molecular weight excluding hydrogens is 495 g/mol. The van der Waals surface area contributed by atoms with Gasteiger partial charge < -0.3 is 15.1 Å². The summed E-state index contributed by atoms with van der Waals surface area (Å²) in [5, 5.41) is 4.22. The van der Waals surface area contributed by atoms with E-state index < -0.39 is 13.9 Å². The molecule has 0 aliphatic heterocycles. The zero-order chi connectivity index (χ0) is 23.5. The molecule has 0 amide bonds. The number of phosphoric acid groups is 1. The van der Waals surface area contributed by atoms with E-state index in [1.165, 1.54) is 11.8 Å². The lowest BCUT2D eigenvalue weighted by molar-refractivity contribution is 0.184. The quantitative estimate of drug-likeness (QED) is 0.169. The highest BCUT2D eigenvalue weighted by Gasteiger charge is 2.22. The highest BCUT2D eigenvalue weighted by Crippen LogP contribution is 2.39. The van der Waals surface area contributed by atoms with Crippen molar-refractivity contribution in [1.29, 1.82) is 0 Å². The first-order chi connectivity index (χ1) is 15.0. The van der Waals surface area contributed by atoms with Crippen molar-refractivity contribution in [2.75, 3.05) is 11.9 Å². The van der Waals surface area contributed by atoms with Crippen LogP contribution >= 0.6 is 42.5 Å². The number of aromatic nitrogens is 3. The molecule has 2 aromatic heterocycles. The second kappa shape index (κ2) is 10.6. The Bertz CT molecular complexity index is 1180. The summed E-state index contributed by atoms with van der Waals surface area (Å²) in [6, 6.07) is 7.08. The molecule has 9 nitrogen and oxygen atoms in total. The van der Waals surface area contributed by atoms with E-state index in [1.807, 2.05) is 45.0 Å². The van der Waals surface area contributed by atoms with Crippen LogP contribution in [0, 0.1) is 5.92 Å². The summed E-state index contributed by atoms with van der Waals surface area (Å²) in [5.41, 5.74) is 1.33. The molecule has 4 N–H and O–H groups in total. The zero-order valence-electron chi connectivity index (χ0n) is 17.6. The minimum Gasteiger partial charge on any atom is -0.364 e. The molecule has 174 valence electrons. The lowest BCUT2D eigenvalue weighted by atomic mass is 10.0. The standard InChI is InChI=1S/C19H24ClN4O5PS2/c1-10(2)8-12(9-29-30(26,27)28)21-16-15-17(24-19(25)32-15)23-18(22-16)31-11(3)13-6-4-5-7-14(13)20/h4-7,10-12H,8-9H2,1-3H3,(H2,26,27,28)(H2,21,22,23,24,25). The maximum Gasteiger partial charge on any atom is 0.469 e. The smallest absolute Gasteiger partial charge is 0.364 e. The molecular formula is C19H24ClN4O5PS2. The van der Waals surface area contributed by atoms with E-state index in [4.69, 9.17) is 25.9 Å². The average molecular weight is 519 g/mol. The fraction of sp³-hybridized carbons (Fsp3) is 0.421. The molecule has 0 aliphatic rings. The number of rotatable bonds is 10. The fourth-order valence-corrected chi connectivity index (χ4v) is 5.52. The Labute approximate surface area is 198 Å². The van der Waals surface area contributed by atoms with Crippen LogP contribution in [0.3, 0.4) is 0 Å². The van der Waals surface area contributed by atoms with Crippen LogP contribution in [0.1, 0.15) is 38.0 Å². The van der Waals surface area contributed by atoms with Gasteiger partial charge in [-0.3, -0.25) is 14.3 Å². The molecule has 0 saturated heterocycles. The van der Waals surface area contributed by atoms with Crippen molar-refractivity contribution in [3.63, 3.8) is 0 Å². The van der Waals surface area contributed by atoms with Crippen LogP contribution in [0.15, 0.2) is 34.2 Å². The largest absolute Gasteiger partial charge is 0.469 e. The third-order valence-electron chi connectivity index (χ3n) is 4.43. The van der Waals surface area contributed by atoms with Gasteiger partial charge in [0.2, 0.25) is 0 Å². The highest BCUT2D eigenvalue weighted by atomic mass is 35.5. The van der Waals surface area contributed by atoms with Crippen molar-refractivity contribution in [2.24, 2.45) is 5.92 Å². The predicted molar refractivity (Wildman–Crippen MR) is 129 cm³/mol. The van der Waals surface area contributed by atoms with Gasteiger partial charge in [0, 0.05) is 10.3 Å². The predicted octanol–water partition coefficient (Wildman–Crippen LogP) is 4.82. The van der Waals surface area contributed by atoms with Crippen LogP contribution in [0.5, 0.6) is 0 Å². The van der Waals surface area contributed by atoms with E-state index in [0.717, 1.165) is 16.9 Å². The van der Waals surface area contributed by atoms with Crippen molar-refractivity contribution in [3.05, 3.63) is 44.5 Å². The first-order valence-electron chi connectivity index (χ1n) is 9.80. The summed E-state index contributed by atoms with van der Waals surface area (Å²) >= 11 is 8.67. The van der Waals surface area contributed by atoms with Crippen molar-refractivity contribution >= 4 is 58.7 Å². The summed E-state index contributed by atoms with van der Waals surface area (Å²) in [6.45, 7) is 5.75. The van der Waals surface area contributed by atoms with Gasteiger partial charge in [0.25, 0.3) is 0 Å².